The Morgan fingerprint density at radius 3 is 2.36 bits per heavy atom. The van der Waals surface area contributed by atoms with E-state index in [1.54, 1.807) is 0 Å². The smallest absolute Gasteiger partial charge is 0.123 e. The van der Waals surface area contributed by atoms with E-state index in [0.29, 0.717) is 17.3 Å². The van der Waals surface area contributed by atoms with Crippen molar-refractivity contribution < 1.29 is 4.79 Å². The van der Waals surface area contributed by atoms with Gasteiger partial charge in [0.1, 0.15) is 6.29 Å². The first-order valence-electron chi connectivity index (χ1n) is 5.86. The highest BCUT2D eigenvalue weighted by Gasteiger charge is 2.43. The van der Waals surface area contributed by atoms with Gasteiger partial charge in [-0.3, -0.25) is 0 Å². The molecule has 82 valence electrons. The molecule has 0 aromatic rings. The Kier molecular flexibility index (Phi) is 3.39. The van der Waals surface area contributed by atoms with E-state index < -0.39 is 0 Å². The van der Waals surface area contributed by atoms with Crippen LogP contribution in [-0.4, -0.2) is 6.29 Å². The zero-order valence-electron chi connectivity index (χ0n) is 10.2. The number of aldehydes is 1. The summed E-state index contributed by atoms with van der Waals surface area (Å²) in [5, 5.41) is 0. The third-order valence-corrected chi connectivity index (χ3v) is 4.58. The maximum absolute atomic E-state index is 10.9. The van der Waals surface area contributed by atoms with E-state index in [0.717, 1.165) is 12.2 Å². The van der Waals surface area contributed by atoms with Crippen LogP contribution in [0.1, 0.15) is 47.5 Å². The highest BCUT2D eigenvalue weighted by Crippen LogP contribution is 2.50. The maximum Gasteiger partial charge on any atom is 0.123 e. The van der Waals surface area contributed by atoms with Crippen LogP contribution in [0.4, 0.5) is 0 Å². The van der Waals surface area contributed by atoms with Gasteiger partial charge in [-0.2, -0.15) is 0 Å². The fourth-order valence-electron chi connectivity index (χ4n) is 3.41. The largest absolute Gasteiger partial charge is 0.303 e. The molecule has 0 aromatic heterocycles. The number of carbonyl (C=O) groups excluding carboxylic acids is 1. The SMILES string of the molecule is CC(C=O)C1C(C)CCC(C)C1(C)C. The lowest BCUT2D eigenvalue weighted by atomic mass is 9.56. The highest BCUT2D eigenvalue weighted by molar-refractivity contribution is 5.53. The highest BCUT2D eigenvalue weighted by atomic mass is 16.1. The third-order valence-electron chi connectivity index (χ3n) is 4.58. The van der Waals surface area contributed by atoms with Crippen LogP contribution in [0.3, 0.4) is 0 Å². The zero-order chi connectivity index (χ0) is 10.9. The molecule has 0 aliphatic heterocycles. The van der Waals surface area contributed by atoms with Crippen molar-refractivity contribution in [2.45, 2.75) is 47.5 Å². The van der Waals surface area contributed by atoms with E-state index in [1.165, 1.54) is 12.8 Å². The minimum Gasteiger partial charge on any atom is -0.303 e. The van der Waals surface area contributed by atoms with Crippen LogP contribution in [0.5, 0.6) is 0 Å². The molecule has 1 rings (SSSR count). The Labute approximate surface area is 88.3 Å². The molecule has 0 radical (unpaired) electrons. The summed E-state index contributed by atoms with van der Waals surface area (Å²) >= 11 is 0. The number of rotatable bonds is 2. The van der Waals surface area contributed by atoms with Gasteiger partial charge in [0.05, 0.1) is 0 Å². The van der Waals surface area contributed by atoms with Crippen molar-refractivity contribution in [3.63, 3.8) is 0 Å². The van der Waals surface area contributed by atoms with Gasteiger partial charge in [-0.25, -0.2) is 0 Å². The summed E-state index contributed by atoms with van der Waals surface area (Å²) < 4.78 is 0. The summed E-state index contributed by atoms with van der Waals surface area (Å²) in [4.78, 5) is 10.9. The second-order valence-corrected chi connectivity index (χ2v) is 5.80. The first-order valence-corrected chi connectivity index (χ1v) is 5.86. The van der Waals surface area contributed by atoms with Crippen LogP contribution in [0, 0.1) is 29.1 Å². The molecule has 0 N–H and O–H groups in total. The number of hydrogen-bond acceptors (Lipinski definition) is 1. The first kappa shape index (κ1) is 11.7. The summed E-state index contributed by atoms with van der Waals surface area (Å²) in [7, 11) is 0. The molecule has 4 unspecified atom stereocenters. The molecule has 0 saturated heterocycles. The quantitative estimate of drug-likeness (QED) is 0.617. The van der Waals surface area contributed by atoms with Crippen LogP contribution >= 0.6 is 0 Å². The Balaban J connectivity index is 2.90. The van der Waals surface area contributed by atoms with Crippen molar-refractivity contribution in [1.82, 2.24) is 0 Å². The predicted molar refractivity (Wildman–Crippen MR) is 60.1 cm³/mol. The molecule has 0 heterocycles. The second-order valence-electron chi connectivity index (χ2n) is 5.80. The van der Waals surface area contributed by atoms with Gasteiger partial charge < -0.3 is 4.79 Å². The van der Waals surface area contributed by atoms with E-state index in [9.17, 15) is 4.79 Å². The molecule has 1 aliphatic carbocycles. The Morgan fingerprint density at radius 1 is 1.29 bits per heavy atom. The van der Waals surface area contributed by atoms with Crippen molar-refractivity contribution in [3.8, 4) is 0 Å². The zero-order valence-corrected chi connectivity index (χ0v) is 10.2. The molecule has 1 fully saturated rings. The van der Waals surface area contributed by atoms with Gasteiger partial charge in [-0.1, -0.05) is 41.0 Å². The van der Waals surface area contributed by atoms with Crippen LogP contribution < -0.4 is 0 Å². The molecule has 1 nitrogen and oxygen atoms in total. The minimum atomic E-state index is 0.211. The summed E-state index contributed by atoms with van der Waals surface area (Å²) in [5.41, 5.74) is 0.317. The molecule has 0 aromatic carbocycles. The van der Waals surface area contributed by atoms with Crippen LogP contribution in [0.2, 0.25) is 0 Å². The van der Waals surface area contributed by atoms with Crippen molar-refractivity contribution in [1.29, 1.82) is 0 Å². The molecular weight excluding hydrogens is 172 g/mol. The lowest BCUT2D eigenvalue weighted by Gasteiger charge is -2.49. The molecule has 1 aliphatic rings. The van der Waals surface area contributed by atoms with Gasteiger partial charge in [0.2, 0.25) is 0 Å². The molecular formula is C13H24O. The summed E-state index contributed by atoms with van der Waals surface area (Å²) in [6.07, 6.45) is 3.74. The predicted octanol–water partition coefficient (Wildman–Crippen LogP) is 3.53. The van der Waals surface area contributed by atoms with E-state index >= 15 is 0 Å². The monoisotopic (exact) mass is 196 g/mol. The molecule has 14 heavy (non-hydrogen) atoms. The van der Waals surface area contributed by atoms with Gasteiger partial charge in [-0.05, 0) is 29.6 Å². The van der Waals surface area contributed by atoms with Gasteiger partial charge in [0, 0.05) is 5.92 Å². The van der Waals surface area contributed by atoms with Gasteiger partial charge in [0.25, 0.3) is 0 Å². The van der Waals surface area contributed by atoms with Crippen LogP contribution in [0.25, 0.3) is 0 Å². The Morgan fingerprint density at radius 2 is 1.86 bits per heavy atom. The number of carbonyl (C=O) groups is 1. The molecule has 0 bridgehead atoms. The van der Waals surface area contributed by atoms with Crippen molar-refractivity contribution in [2.24, 2.45) is 29.1 Å². The van der Waals surface area contributed by atoms with E-state index in [1.807, 2.05) is 0 Å². The maximum atomic E-state index is 10.9. The van der Waals surface area contributed by atoms with Gasteiger partial charge >= 0.3 is 0 Å². The van der Waals surface area contributed by atoms with Crippen molar-refractivity contribution >= 4 is 6.29 Å². The molecule has 1 saturated carbocycles. The fraction of sp³-hybridized carbons (Fsp3) is 0.923. The molecule has 1 heteroatoms. The second kappa shape index (κ2) is 4.04. The molecule has 0 amide bonds. The minimum absolute atomic E-state index is 0.211. The normalized spacial score (nSPS) is 39.1. The average molecular weight is 196 g/mol. The fourth-order valence-corrected chi connectivity index (χ4v) is 3.41. The number of hydrogen-bond donors (Lipinski definition) is 0. The lowest BCUT2D eigenvalue weighted by Crippen LogP contribution is -2.43. The molecule has 0 spiro atoms. The lowest BCUT2D eigenvalue weighted by molar-refractivity contribution is -0.117. The summed E-state index contributed by atoms with van der Waals surface area (Å²) in [6.45, 7) is 11.4. The van der Waals surface area contributed by atoms with Gasteiger partial charge in [0.15, 0.2) is 0 Å². The Bertz CT molecular complexity index is 207. The van der Waals surface area contributed by atoms with E-state index in [4.69, 9.17) is 0 Å². The van der Waals surface area contributed by atoms with E-state index in [-0.39, 0.29) is 5.92 Å². The van der Waals surface area contributed by atoms with Crippen LogP contribution in [0.15, 0.2) is 0 Å². The standard InChI is InChI=1S/C13H24O/c1-9-6-7-11(3)13(4,5)12(9)10(2)8-14/h8-12H,6-7H2,1-5H3. The summed E-state index contributed by atoms with van der Waals surface area (Å²) in [5.74, 6) is 2.21. The van der Waals surface area contributed by atoms with Crippen molar-refractivity contribution in [2.75, 3.05) is 0 Å². The molecule has 4 atom stereocenters. The Hall–Kier alpha value is -0.330. The van der Waals surface area contributed by atoms with E-state index in [2.05, 4.69) is 34.6 Å². The van der Waals surface area contributed by atoms with Gasteiger partial charge in [-0.15, -0.1) is 0 Å². The van der Waals surface area contributed by atoms with Crippen LogP contribution in [-0.2, 0) is 4.79 Å². The average Bonchev–Trinajstić information content (AvgIpc) is 2.11. The third kappa shape index (κ3) is 1.87. The first-order chi connectivity index (χ1) is 6.41. The summed E-state index contributed by atoms with van der Waals surface area (Å²) in [6, 6.07) is 0. The van der Waals surface area contributed by atoms with Crippen molar-refractivity contribution in [3.05, 3.63) is 0 Å². The topological polar surface area (TPSA) is 17.1 Å².